The van der Waals surface area contributed by atoms with Crippen molar-refractivity contribution in [2.75, 3.05) is 20.6 Å². The lowest BCUT2D eigenvalue weighted by molar-refractivity contribution is 0.225. The molecule has 112 valence electrons. The summed E-state index contributed by atoms with van der Waals surface area (Å²) in [6.07, 6.45) is 2.19. The van der Waals surface area contributed by atoms with Crippen LogP contribution in [-0.4, -0.2) is 30.6 Å². The number of benzene rings is 2. The van der Waals surface area contributed by atoms with Crippen LogP contribution in [0.4, 0.5) is 0 Å². The van der Waals surface area contributed by atoms with Crippen LogP contribution in [0.25, 0.3) is 11.1 Å². The summed E-state index contributed by atoms with van der Waals surface area (Å²) in [6.45, 7) is 3.44. The van der Waals surface area contributed by atoms with Crippen LogP contribution in [0.15, 0.2) is 48.5 Å². The van der Waals surface area contributed by atoms with Crippen LogP contribution in [-0.2, 0) is 0 Å². The highest BCUT2D eigenvalue weighted by Crippen LogP contribution is 2.42. The number of unbranched alkanes of at least 4 members (excludes halogenated alkanes) is 1. The molecule has 0 spiro atoms. The average molecular weight is 283 g/mol. The standard InChI is InChI=1S/C13H10O.C6H15N/c14-13-11-7-3-1-5-9(11)10-6-2-4-8-12(10)13;1-4-5-6-7(2)3/h1-8,13-14H;4-6H2,1-3H3. The fraction of sp³-hybridized carbons (Fsp3) is 0.368. The fourth-order valence-electron chi connectivity index (χ4n) is 2.60. The van der Waals surface area contributed by atoms with Crippen molar-refractivity contribution in [1.29, 1.82) is 0 Å². The van der Waals surface area contributed by atoms with Gasteiger partial charge in [-0.2, -0.15) is 0 Å². The molecule has 0 aliphatic heterocycles. The molecule has 1 aliphatic rings. The Labute approximate surface area is 128 Å². The minimum Gasteiger partial charge on any atom is -0.384 e. The first-order chi connectivity index (χ1) is 10.1. The minimum absolute atomic E-state index is 0.442. The van der Waals surface area contributed by atoms with Gasteiger partial charge in [0.25, 0.3) is 0 Å². The average Bonchev–Trinajstić information content (AvgIpc) is 2.80. The monoisotopic (exact) mass is 283 g/mol. The Bertz CT molecular complexity index is 532. The summed E-state index contributed by atoms with van der Waals surface area (Å²) < 4.78 is 0. The number of hydrogen-bond donors (Lipinski definition) is 1. The second kappa shape index (κ2) is 7.39. The highest BCUT2D eigenvalue weighted by molar-refractivity contribution is 5.77. The van der Waals surface area contributed by atoms with Crippen LogP contribution in [0.1, 0.15) is 37.0 Å². The molecule has 2 heteroatoms. The van der Waals surface area contributed by atoms with Gasteiger partial charge in [-0.3, -0.25) is 0 Å². The van der Waals surface area contributed by atoms with Crippen LogP contribution >= 0.6 is 0 Å². The van der Waals surface area contributed by atoms with Gasteiger partial charge in [-0.05, 0) is 49.3 Å². The van der Waals surface area contributed by atoms with Crippen molar-refractivity contribution in [3.8, 4) is 11.1 Å². The quantitative estimate of drug-likeness (QED) is 0.917. The second-order valence-corrected chi connectivity index (χ2v) is 5.73. The molecule has 0 bridgehead atoms. The predicted octanol–water partition coefficient (Wildman–Crippen LogP) is 4.10. The van der Waals surface area contributed by atoms with E-state index in [9.17, 15) is 5.11 Å². The lowest BCUT2D eigenvalue weighted by Gasteiger charge is -2.05. The van der Waals surface area contributed by atoms with E-state index in [1.54, 1.807) is 0 Å². The molecule has 2 nitrogen and oxygen atoms in total. The molecule has 0 radical (unpaired) electrons. The molecule has 0 aromatic heterocycles. The molecule has 0 amide bonds. The number of hydrogen-bond acceptors (Lipinski definition) is 2. The number of nitrogens with zero attached hydrogens (tertiary/aromatic N) is 1. The van der Waals surface area contributed by atoms with Gasteiger partial charge in [-0.15, -0.1) is 0 Å². The smallest absolute Gasteiger partial charge is 0.105 e. The largest absolute Gasteiger partial charge is 0.384 e. The summed E-state index contributed by atoms with van der Waals surface area (Å²) in [4.78, 5) is 2.21. The van der Waals surface area contributed by atoms with Crippen molar-refractivity contribution in [1.82, 2.24) is 4.90 Å². The van der Waals surface area contributed by atoms with E-state index >= 15 is 0 Å². The van der Waals surface area contributed by atoms with E-state index in [0.29, 0.717) is 0 Å². The molecular formula is C19H25NO. The Morgan fingerprint density at radius 2 is 1.38 bits per heavy atom. The van der Waals surface area contributed by atoms with Gasteiger partial charge < -0.3 is 10.0 Å². The maximum Gasteiger partial charge on any atom is 0.105 e. The van der Waals surface area contributed by atoms with E-state index in [0.717, 1.165) is 22.3 Å². The SMILES string of the molecule is CCCCN(C)C.OC1c2ccccc2-c2ccccc21. The summed E-state index contributed by atoms with van der Waals surface area (Å²) in [6, 6.07) is 16.0. The van der Waals surface area contributed by atoms with Gasteiger partial charge in [-0.25, -0.2) is 0 Å². The van der Waals surface area contributed by atoms with Crippen molar-refractivity contribution in [2.24, 2.45) is 0 Å². The van der Waals surface area contributed by atoms with Gasteiger partial charge in [0.05, 0.1) is 0 Å². The van der Waals surface area contributed by atoms with Crippen molar-refractivity contribution in [2.45, 2.75) is 25.9 Å². The Hall–Kier alpha value is -1.64. The third kappa shape index (κ3) is 3.72. The minimum atomic E-state index is -0.442. The zero-order valence-corrected chi connectivity index (χ0v) is 13.2. The van der Waals surface area contributed by atoms with E-state index in [4.69, 9.17) is 0 Å². The molecule has 3 rings (SSSR count). The zero-order valence-electron chi connectivity index (χ0n) is 13.2. The highest BCUT2D eigenvalue weighted by Gasteiger charge is 2.25. The molecule has 0 saturated heterocycles. The molecule has 0 fully saturated rings. The van der Waals surface area contributed by atoms with E-state index < -0.39 is 6.10 Å². The van der Waals surface area contributed by atoms with Crippen LogP contribution in [0.3, 0.4) is 0 Å². The van der Waals surface area contributed by atoms with Gasteiger partial charge in [0.1, 0.15) is 6.10 Å². The fourth-order valence-corrected chi connectivity index (χ4v) is 2.60. The second-order valence-electron chi connectivity index (χ2n) is 5.73. The summed E-state index contributed by atoms with van der Waals surface area (Å²) in [7, 11) is 4.21. The molecule has 2 aromatic rings. The number of rotatable bonds is 3. The van der Waals surface area contributed by atoms with Crippen molar-refractivity contribution in [3.63, 3.8) is 0 Å². The van der Waals surface area contributed by atoms with Crippen molar-refractivity contribution < 1.29 is 5.11 Å². The zero-order chi connectivity index (χ0) is 15.2. The Balaban J connectivity index is 0.000000199. The van der Waals surface area contributed by atoms with Crippen molar-refractivity contribution in [3.05, 3.63) is 59.7 Å². The number of aliphatic hydroxyl groups is 1. The van der Waals surface area contributed by atoms with Crippen molar-refractivity contribution >= 4 is 0 Å². The number of fused-ring (bicyclic) bond motifs is 3. The van der Waals surface area contributed by atoms with Gasteiger partial charge in [0.2, 0.25) is 0 Å². The topological polar surface area (TPSA) is 23.5 Å². The van der Waals surface area contributed by atoms with Gasteiger partial charge >= 0.3 is 0 Å². The summed E-state index contributed by atoms with van der Waals surface area (Å²) in [5, 5.41) is 10.0. The summed E-state index contributed by atoms with van der Waals surface area (Å²) in [5.41, 5.74) is 4.37. The first-order valence-corrected chi connectivity index (χ1v) is 7.66. The third-order valence-electron chi connectivity index (χ3n) is 3.76. The van der Waals surface area contributed by atoms with E-state index in [-0.39, 0.29) is 0 Å². The first kappa shape index (κ1) is 15.7. The normalized spacial score (nSPS) is 12.6. The molecule has 0 saturated carbocycles. The molecule has 2 aromatic carbocycles. The van der Waals surface area contributed by atoms with E-state index in [2.05, 4.69) is 38.1 Å². The third-order valence-corrected chi connectivity index (χ3v) is 3.76. The molecule has 0 heterocycles. The van der Waals surface area contributed by atoms with Gasteiger partial charge in [0, 0.05) is 0 Å². The predicted molar refractivity (Wildman–Crippen MR) is 89.4 cm³/mol. The van der Waals surface area contributed by atoms with E-state index in [1.807, 2.05) is 36.4 Å². The lowest BCUT2D eigenvalue weighted by atomic mass is 10.1. The summed E-state index contributed by atoms with van der Waals surface area (Å²) in [5.74, 6) is 0. The highest BCUT2D eigenvalue weighted by atomic mass is 16.3. The maximum absolute atomic E-state index is 10.0. The Kier molecular flexibility index (Phi) is 5.54. The van der Waals surface area contributed by atoms with Crippen LogP contribution < -0.4 is 0 Å². The Morgan fingerprint density at radius 1 is 0.905 bits per heavy atom. The molecule has 1 N–H and O–H groups in total. The molecule has 21 heavy (non-hydrogen) atoms. The van der Waals surface area contributed by atoms with E-state index in [1.165, 1.54) is 19.4 Å². The van der Waals surface area contributed by atoms with Gasteiger partial charge in [0.15, 0.2) is 0 Å². The maximum atomic E-state index is 10.0. The lowest BCUT2D eigenvalue weighted by Crippen LogP contribution is -2.12. The first-order valence-electron chi connectivity index (χ1n) is 7.66. The van der Waals surface area contributed by atoms with Crippen LogP contribution in [0.5, 0.6) is 0 Å². The molecule has 0 unspecified atom stereocenters. The Morgan fingerprint density at radius 3 is 1.76 bits per heavy atom. The molecular weight excluding hydrogens is 258 g/mol. The number of aliphatic hydroxyl groups excluding tert-OH is 1. The van der Waals surface area contributed by atoms with Crippen LogP contribution in [0.2, 0.25) is 0 Å². The molecule has 1 aliphatic carbocycles. The van der Waals surface area contributed by atoms with Gasteiger partial charge in [-0.1, -0.05) is 61.9 Å². The van der Waals surface area contributed by atoms with Crippen LogP contribution in [0, 0.1) is 0 Å². The molecule has 0 atom stereocenters. The summed E-state index contributed by atoms with van der Waals surface area (Å²) >= 11 is 0.